The number of aryl methyl sites for hydroxylation is 1. The van der Waals surface area contributed by atoms with E-state index >= 15 is 0 Å². The van der Waals surface area contributed by atoms with E-state index in [4.69, 9.17) is 19.4 Å². The highest BCUT2D eigenvalue weighted by Crippen LogP contribution is 2.45. The highest BCUT2D eigenvalue weighted by Gasteiger charge is 2.23. The molecule has 0 fully saturated rings. The molecule has 2 aromatic heterocycles. The van der Waals surface area contributed by atoms with Gasteiger partial charge in [0.05, 0.1) is 0 Å². The minimum Gasteiger partial charge on any atom is -0.455 e. The van der Waals surface area contributed by atoms with Crippen LogP contribution in [0.4, 0.5) is 0 Å². The van der Waals surface area contributed by atoms with Crippen molar-refractivity contribution in [2.45, 2.75) is 12.8 Å². The average Bonchev–Trinajstić information content (AvgIpc) is 3.67. The van der Waals surface area contributed by atoms with Crippen molar-refractivity contribution in [2.75, 3.05) is 0 Å². The van der Waals surface area contributed by atoms with Gasteiger partial charge in [-0.1, -0.05) is 170 Å². The molecule has 4 nitrogen and oxygen atoms in total. The van der Waals surface area contributed by atoms with E-state index in [1.807, 2.05) is 12.1 Å². The minimum absolute atomic E-state index is 0.607. The molecule has 0 saturated carbocycles. The second-order valence-corrected chi connectivity index (χ2v) is 14.3. The normalized spacial score (nSPS) is 12.5. The summed E-state index contributed by atoms with van der Waals surface area (Å²) in [6, 6.07) is 57.5. The van der Waals surface area contributed by atoms with Gasteiger partial charge in [-0.15, -0.1) is 0 Å². The number of hydrogen-bond donors (Lipinski definition) is 0. The zero-order chi connectivity index (χ0) is 36.3. The monoisotopic (exact) mass is 703 g/mol. The SMILES string of the molecule is C1=Cc2c(ccc3c2oc2c3c(-c3nc(-c4ccc(-c5ccccc5)cc4)nc(-c4ccc(-c5ccccc5)cc4)n3)cc3ccc4ccccc4c32)CC1. The maximum absolute atomic E-state index is 7.05. The van der Waals surface area contributed by atoms with Crippen molar-refractivity contribution in [2.24, 2.45) is 0 Å². The summed E-state index contributed by atoms with van der Waals surface area (Å²) in [7, 11) is 0. The van der Waals surface area contributed by atoms with Crippen LogP contribution in [-0.4, -0.2) is 15.0 Å². The molecule has 0 spiro atoms. The van der Waals surface area contributed by atoms with Crippen LogP contribution >= 0.6 is 0 Å². The average molecular weight is 704 g/mol. The van der Waals surface area contributed by atoms with Gasteiger partial charge in [0.1, 0.15) is 11.2 Å². The largest absolute Gasteiger partial charge is 0.455 e. The van der Waals surface area contributed by atoms with Crippen molar-refractivity contribution >= 4 is 49.6 Å². The van der Waals surface area contributed by atoms with Crippen LogP contribution in [0.15, 0.2) is 174 Å². The van der Waals surface area contributed by atoms with Gasteiger partial charge in [0.15, 0.2) is 17.5 Å². The topological polar surface area (TPSA) is 51.8 Å². The molecular formula is C51H33N3O. The van der Waals surface area contributed by atoms with Crippen LogP contribution in [-0.2, 0) is 6.42 Å². The van der Waals surface area contributed by atoms with E-state index < -0.39 is 0 Å². The fraction of sp³-hybridized carbons (Fsp3) is 0.0392. The number of benzene rings is 8. The van der Waals surface area contributed by atoms with Crippen molar-refractivity contribution in [3.63, 3.8) is 0 Å². The number of fused-ring (bicyclic) bond motifs is 9. The third kappa shape index (κ3) is 5.33. The molecule has 0 unspecified atom stereocenters. The molecule has 258 valence electrons. The van der Waals surface area contributed by atoms with Gasteiger partial charge < -0.3 is 4.42 Å². The number of rotatable bonds is 5. The molecule has 0 N–H and O–H groups in total. The van der Waals surface area contributed by atoms with E-state index in [2.05, 4.69) is 164 Å². The first kappa shape index (κ1) is 31.4. The summed E-state index contributed by atoms with van der Waals surface area (Å²) >= 11 is 0. The van der Waals surface area contributed by atoms with Crippen molar-refractivity contribution in [1.82, 2.24) is 15.0 Å². The third-order valence-electron chi connectivity index (χ3n) is 11.0. The molecule has 0 amide bonds. The van der Waals surface area contributed by atoms with Gasteiger partial charge in [-0.3, -0.25) is 0 Å². The smallest absolute Gasteiger partial charge is 0.164 e. The summed E-state index contributed by atoms with van der Waals surface area (Å²) < 4.78 is 7.05. The summed E-state index contributed by atoms with van der Waals surface area (Å²) in [6.45, 7) is 0. The zero-order valence-corrected chi connectivity index (χ0v) is 29.9. The Morgan fingerprint density at radius 3 is 1.65 bits per heavy atom. The van der Waals surface area contributed by atoms with Crippen LogP contribution in [0, 0.1) is 0 Å². The van der Waals surface area contributed by atoms with Gasteiger partial charge in [0.25, 0.3) is 0 Å². The van der Waals surface area contributed by atoms with Crippen LogP contribution < -0.4 is 0 Å². The molecule has 2 heterocycles. The lowest BCUT2D eigenvalue weighted by atomic mass is 9.93. The first-order valence-electron chi connectivity index (χ1n) is 18.8. The Balaban J connectivity index is 1.17. The molecule has 0 saturated heterocycles. The Morgan fingerprint density at radius 2 is 0.982 bits per heavy atom. The Hall–Kier alpha value is -7.17. The molecule has 10 aromatic rings. The Bertz CT molecular complexity index is 3010. The van der Waals surface area contributed by atoms with Crippen LogP contribution in [0.25, 0.3) is 106 Å². The van der Waals surface area contributed by atoms with Crippen LogP contribution in [0.3, 0.4) is 0 Å². The molecule has 8 aromatic carbocycles. The molecule has 0 bridgehead atoms. The Morgan fingerprint density at radius 1 is 0.418 bits per heavy atom. The van der Waals surface area contributed by atoms with Gasteiger partial charge in [-0.2, -0.15) is 0 Å². The standard InChI is InChI=1S/C51H33N3O/c1-3-11-32(12-4-1)34-19-24-38(25-20-34)49-52-50(39-26-21-35(22-27-39)33-13-5-2-6-14-33)54-51(53-49)44-31-40-28-23-36-15-7-9-17-41(36)45(40)48-46(44)43-30-29-37-16-8-10-18-42(37)47(43)55-48/h1-7,9-15,17-31H,8,16H2. The van der Waals surface area contributed by atoms with Gasteiger partial charge in [0, 0.05) is 38.4 Å². The molecule has 0 aliphatic heterocycles. The summed E-state index contributed by atoms with van der Waals surface area (Å²) in [5.74, 6) is 1.84. The molecule has 0 atom stereocenters. The number of furan rings is 1. The van der Waals surface area contributed by atoms with Crippen molar-refractivity contribution < 1.29 is 4.42 Å². The maximum Gasteiger partial charge on any atom is 0.164 e. The van der Waals surface area contributed by atoms with E-state index in [1.54, 1.807) is 0 Å². The van der Waals surface area contributed by atoms with Gasteiger partial charge >= 0.3 is 0 Å². The van der Waals surface area contributed by atoms with Crippen LogP contribution in [0.2, 0.25) is 0 Å². The summed E-state index contributed by atoms with van der Waals surface area (Å²) in [5, 5.41) is 6.59. The highest BCUT2D eigenvalue weighted by molar-refractivity contribution is 6.27. The third-order valence-corrected chi connectivity index (χ3v) is 11.0. The first-order chi connectivity index (χ1) is 27.2. The van der Waals surface area contributed by atoms with E-state index in [9.17, 15) is 0 Å². The predicted octanol–water partition coefficient (Wildman–Crippen LogP) is 13.4. The van der Waals surface area contributed by atoms with Crippen molar-refractivity contribution in [3.05, 3.63) is 181 Å². The van der Waals surface area contributed by atoms with Crippen LogP contribution in [0.1, 0.15) is 17.5 Å². The molecule has 55 heavy (non-hydrogen) atoms. The van der Waals surface area contributed by atoms with Crippen LogP contribution in [0.5, 0.6) is 0 Å². The molecular weight excluding hydrogens is 671 g/mol. The van der Waals surface area contributed by atoms with E-state index in [-0.39, 0.29) is 0 Å². The summed E-state index contributed by atoms with van der Waals surface area (Å²) in [6.07, 6.45) is 6.51. The van der Waals surface area contributed by atoms with E-state index in [1.165, 1.54) is 22.1 Å². The minimum atomic E-state index is 0.607. The molecule has 1 aliphatic carbocycles. The van der Waals surface area contributed by atoms with Gasteiger partial charge in [-0.05, 0) is 62.9 Å². The molecule has 1 aliphatic rings. The lowest BCUT2D eigenvalue weighted by molar-refractivity contribution is 0.670. The lowest BCUT2D eigenvalue weighted by Crippen LogP contribution is -2.01. The highest BCUT2D eigenvalue weighted by atomic mass is 16.3. The van der Waals surface area contributed by atoms with E-state index in [0.717, 1.165) is 84.3 Å². The second-order valence-electron chi connectivity index (χ2n) is 14.3. The quantitative estimate of drug-likeness (QED) is 0.167. The van der Waals surface area contributed by atoms with Gasteiger partial charge in [0.2, 0.25) is 0 Å². The molecule has 0 radical (unpaired) electrons. The Labute approximate surface area is 318 Å². The van der Waals surface area contributed by atoms with Crippen molar-refractivity contribution in [1.29, 1.82) is 0 Å². The van der Waals surface area contributed by atoms with E-state index in [0.29, 0.717) is 17.5 Å². The number of hydrogen-bond acceptors (Lipinski definition) is 4. The fourth-order valence-electron chi connectivity index (χ4n) is 8.21. The number of allylic oxidation sites excluding steroid dienone is 1. The first-order valence-corrected chi connectivity index (χ1v) is 18.8. The molecule has 11 rings (SSSR count). The lowest BCUT2D eigenvalue weighted by Gasteiger charge is -2.12. The zero-order valence-electron chi connectivity index (χ0n) is 29.9. The molecule has 4 heteroatoms. The number of aromatic nitrogens is 3. The van der Waals surface area contributed by atoms with Gasteiger partial charge in [-0.25, -0.2) is 15.0 Å². The maximum atomic E-state index is 7.05. The van der Waals surface area contributed by atoms with Crippen molar-refractivity contribution in [3.8, 4) is 56.4 Å². The summed E-state index contributed by atoms with van der Waals surface area (Å²) in [5.41, 5.74) is 11.6. The fourth-order valence-corrected chi connectivity index (χ4v) is 8.21. The predicted molar refractivity (Wildman–Crippen MR) is 227 cm³/mol. The Kier molecular flexibility index (Phi) is 7.27. The summed E-state index contributed by atoms with van der Waals surface area (Å²) in [4.78, 5) is 15.7. The second kappa shape index (κ2) is 12.8. The number of nitrogens with zero attached hydrogens (tertiary/aromatic N) is 3.